The first-order chi connectivity index (χ1) is 12.6. The third kappa shape index (κ3) is 3.93. The van der Waals surface area contributed by atoms with Crippen molar-refractivity contribution in [3.63, 3.8) is 0 Å². The minimum Gasteiger partial charge on any atom is -0.268 e. The number of nitrogens with zero attached hydrogens (tertiary/aromatic N) is 2. The Bertz CT molecular complexity index is 955. The van der Waals surface area contributed by atoms with Crippen molar-refractivity contribution in [1.29, 1.82) is 5.26 Å². The Morgan fingerprint density at radius 3 is 2.54 bits per heavy atom. The number of allylic oxidation sites excluding steroid dienone is 2. The molecule has 0 atom stereocenters. The summed E-state index contributed by atoms with van der Waals surface area (Å²) in [6.07, 6.45) is 3.69. The van der Waals surface area contributed by atoms with Crippen LogP contribution >= 0.6 is 11.8 Å². The Morgan fingerprint density at radius 2 is 1.81 bits per heavy atom. The topological polar surface area (TPSA) is 61.2 Å². The quantitative estimate of drug-likeness (QED) is 0.739. The monoisotopic (exact) mass is 360 g/mol. The molecule has 1 heterocycles. The standard InChI is InChI=1S/C21H16N2O2S/c1-15(11-16-7-3-2-4-8-16)12-19-20(24)23(21(25)26-19)14-18-10-6-5-9-17(18)13-22/h2-12H,14H2,1H3/b15-11+,19-12+. The molecule has 0 aliphatic carbocycles. The second-order valence-corrected chi connectivity index (χ2v) is 6.83. The number of hydrogen-bond donors (Lipinski definition) is 0. The Kier molecular flexibility index (Phi) is 5.35. The van der Waals surface area contributed by atoms with E-state index in [2.05, 4.69) is 6.07 Å². The van der Waals surface area contributed by atoms with Gasteiger partial charge in [0.2, 0.25) is 0 Å². The molecule has 1 aliphatic heterocycles. The summed E-state index contributed by atoms with van der Waals surface area (Å²) in [7, 11) is 0. The maximum Gasteiger partial charge on any atom is 0.293 e. The maximum absolute atomic E-state index is 12.6. The molecule has 5 heteroatoms. The van der Waals surface area contributed by atoms with Gasteiger partial charge < -0.3 is 0 Å². The van der Waals surface area contributed by atoms with Crippen LogP contribution < -0.4 is 0 Å². The van der Waals surface area contributed by atoms with E-state index in [1.165, 1.54) is 4.90 Å². The van der Waals surface area contributed by atoms with Crippen LogP contribution in [0.3, 0.4) is 0 Å². The van der Waals surface area contributed by atoms with Gasteiger partial charge in [0.25, 0.3) is 11.1 Å². The molecule has 0 N–H and O–H groups in total. The SMILES string of the molecule is CC(=C\c1ccccc1)/C=C1/SC(=O)N(Cc2ccccc2C#N)C1=O. The van der Waals surface area contributed by atoms with Crippen LogP contribution in [0.2, 0.25) is 0 Å². The van der Waals surface area contributed by atoms with Crippen molar-refractivity contribution >= 4 is 29.0 Å². The fourth-order valence-corrected chi connectivity index (χ4v) is 3.52. The van der Waals surface area contributed by atoms with Crippen LogP contribution in [0.1, 0.15) is 23.6 Å². The van der Waals surface area contributed by atoms with Crippen LogP contribution in [0.25, 0.3) is 6.08 Å². The van der Waals surface area contributed by atoms with Gasteiger partial charge in [-0.3, -0.25) is 14.5 Å². The van der Waals surface area contributed by atoms with Crippen molar-refractivity contribution in [3.05, 3.63) is 87.8 Å². The van der Waals surface area contributed by atoms with Gasteiger partial charge in [-0.25, -0.2) is 0 Å². The lowest BCUT2D eigenvalue weighted by Gasteiger charge is -2.13. The van der Waals surface area contributed by atoms with Crippen molar-refractivity contribution in [1.82, 2.24) is 4.90 Å². The molecule has 1 saturated heterocycles. The fraction of sp³-hybridized carbons (Fsp3) is 0.0952. The zero-order chi connectivity index (χ0) is 18.5. The van der Waals surface area contributed by atoms with E-state index in [-0.39, 0.29) is 17.7 Å². The molecule has 0 aromatic heterocycles. The molecule has 0 spiro atoms. The van der Waals surface area contributed by atoms with Crippen LogP contribution in [0, 0.1) is 11.3 Å². The summed E-state index contributed by atoms with van der Waals surface area (Å²) in [6, 6.07) is 18.8. The third-order valence-electron chi connectivity index (χ3n) is 3.89. The number of thioether (sulfide) groups is 1. The minimum atomic E-state index is -0.325. The van der Waals surface area contributed by atoms with Crippen LogP contribution in [0.5, 0.6) is 0 Å². The highest BCUT2D eigenvalue weighted by Gasteiger charge is 2.35. The predicted molar refractivity (Wildman–Crippen MR) is 103 cm³/mol. The number of carbonyl (C=O) groups excluding carboxylic acids is 2. The van der Waals surface area contributed by atoms with E-state index >= 15 is 0 Å². The van der Waals surface area contributed by atoms with Crippen LogP contribution in [-0.4, -0.2) is 16.0 Å². The summed E-state index contributed by atoms with van der Waals surface area (Å²) in [5, 5.41) is 8.85. The number of carbonyl (C=O) groups is 2. The Morgan fingerprint density at radius 1 is 1.12 bits per heavy atom. The van der Waals surface area contributed by atoms with E-state index in [1.807, 2.05) is 43.3 Å². The zero-order valence-electron chi connectivity index (χ0n) is 14.2. The van der Waals surface area contributed by atoms with Gasteiger partial charge >= 0.3 is 0 Å². The number of rotatable bonds is 4. The Balaban J connectivity index is 1.81. The largest absolute Gasteiger partial charge is 0.293 e. The van der Waals surface area contributed by atoms with E-state index in [0.717, 1.165) is 22.9 Å². The third-order valence-corrected chi connectivity index (χ3v) is 4.80. The molecule has 26 heavy (non-hydrogen) atoms. The molecule has 0 radical (unpaired) electrons. The first kappa shape index (κ1) is 17.7. The van der Waals surface area contributed by atoms with Crippen LogP contribution in [0.15, 0.2) is 71.2 Å². The van der Waals surface area contributed by atoms with E-state index < -0.39 is 0 Å². The molecule has 0 saturated carbocycles. The van der Waals surface area contributed by atoms with Gasteiger partial charge in [-0.15, -0.1) is 0 Å². The van der Waals surface area contributed by atoms with Gasteiger partial charge in [0.05, 0.1) is 23.1 Å². The molecule has 2 amide bonds. The van der Waals surface area contributed by atoms with Gasteiger partial charge in [-0.05, 0) is 47.5 Å². The van der Waals surface area contributed by atoms with E-state index in [1.54, 1.807) is 30.3 Å². The molecule has 4 nitrogen and oxygen atoms in total. The molecule has 1 aliphatic rings. The second kappa shape index (κ2) is 7.85. The van der Waals surface area contributed by atoms with Gasteiger partial charge in [0, 0.05) is 0 Å². The number of imide groups is 1. The zero-order valence-corrected chi connectivity index (χ0v) is 15.0. The minimum absolute atomic E-state index is 0.104. The van der Waals surface area contributed by atoms with Gasteiger partial charge in [-0.1, -0.05) is 54.6 Å². The summed E-state index contributed by atoms with van der Waals surface area (Å²) in [5.41, 5.74) is 3.05. The lowest BCUT2D eigenvalue weighted by atomic mass is 10.1. The van der Waals surface area contributed by atoms with Crippen LogP contribution in [-0.2, 0) is 11.3 Å². The normalized spacial score (nSPS) is 16.2. The molecular formula is C21H16N2O2S. The summed E-state index contributed by atoms with van der Waals surface area (Å²) >= 11 is 0.928. The number of hydrogen-bond acceptors (Lipinski definition) is 4. The number of nitriles is 1. The van der Waals surface area contributed by atoms with E-state index in [0.29, 0.717) is 16.0 Å². The highest BCUT2D eigenvalue weighted by atomic mass is 32.2. The highest BCUT2D eigenvalue weighted by molar-refractivity contribution is 8.18. The Hall–Kier alpha value is -3.10. The summed E-state index contributed by atoms with van der Waals surface area (Å²) < 4.78 is 0. The van der Waals surface area contributed by atoms with Gasteiger partial charge in [0.15, 0.2) is 0 Å². The molecule has 128 valence electrons. The van der Waals surface area contributed by atoms with Crippen molar-refractivity contribution in [3.8, 4) is 6.07 Å². The molecule has 0 unspecified atom stereocenters. The predicted octanol–water partition coefficient (Wildman–Crippen LogP) is 4.74. The van der Waals surface area contributed by atoms with E-state index in [4.69, 9.17) is 0 Å². The molecule has 2 aromatic rings. The van der Waals surface area contributed by atoms with Gasteiger partial charge in [-0.2, -0.15) is 5.26 Å². The van der Waals surface area contributed by atoms with Crippen molar-refractivity contribution < 1.29 is 9.59 Å². The lowest BCUT2D eigenvalue weighted by molar-refractivity contribution is -0.123. The van der Waals surface area contributed by atoms with Crippen molar-refractivity contribution in [2.75, 3.05) is 0 Å². The van der Waals surface area contributed by atoms with Crippen molar-refractivity contribution in [2.45, 2.75) is 13.5 Å². The molecule has 1 fully saturated rings. The maximum atomic E-state index is 12.6. The molecule has 2 aromatic carbocycles. The lowest BCUT2D eigenvalue weighted by Crippen LogP contribution is -2.27. The Labute approximate surface area is 156 Å². The fourth-order valence-electron chi connectivity index (χ4n) is 2.63. The van der Waals surface area contributed by atoms with Crippen molar-refractivity contribution in [2.24, 2.45) is 0 Å². The summed E-state index contributed by atoms with van der Waals surface area (Å²) in [6.45, 7) is 2.00. The smallest absolute Gasteiger partial charge is 0.268 e. The first-order valence-electron chi connectivity index (χ1n) is 8.05. The van der Waals surface area contributed by atoms with Crippen LogP contribution in [0.4, 0.5) is 4.79 Å². The number of amides is 2. The summed E-state index contributed by atoms with van der Waals surface area (Å²) in [4.78, 5) is 26.5. The number of benzene rings is 2. The second-order valence-electron chi connectivity index (χ2n) is 5.84. The molecule has 0 bridgehead atoms. The average molecular weight is 360 g/mol. The van der Waals surface area contributed by atoms with Gasteiger partial charge in [0.1, 0.15) is 0 Å². The first-order valence-corrected chi connectivity index (χ1v) is 8.87. The average Bonchev–Trinajstić information content (AvgIpc) is 2.90. The summed E-state index contributed by atoms with van der Waals surface area (Å²) in [5.74, 6) is -0.325. The highest BCUT2D eigenvalue weighted by Crippen LogP contribution is 2.33. The molecule has 3 rings (SSSR count). The van der Waals surface area contributed by atoms with E-state index in [9.17, 15) is 14.9 Å². The molecular weight excluding hydrogens is 344 g/mol.